The van der Waals surface area contributed by atoms with Crippen LogP contribution in [0.3, 0.4) is 0 Å². The molecule has 1 aliphatic rings. The maximum atomic E-state index is 12.3. The highest BCUT2D eigenvalue weighted by Gasteiger charge is 2.36. The number of benzene rings is 2. The molecule has 2 aromatic carbocycles. The molecule has 2 atom stereocenters. The molecule has 4 heteroatoms. The summed E-state index contributed by atoms with van der Waals surface area (Å²) in [6.45, 7) is 0.231. The zero-order valence-corrected chi connectivity index (χ0v) is 12.5. The van der Waals surface area contributed by atoms with Crippen LogP contribution in [-0.4, -0.2) is 29.3 Å². The van der Waals surface area contributed by atoms with Crippen LogP contribution in [0.25, 0.3) is 0 Å². The highest BCUT2D eigenvalue weighted by Crippen LogP contribution is 2.35. The van der Waals surface area contributed by atoms with Gasteiger partial charge in [0.2, 0.25) is 0 Å². The van der Waals surface area contributed by atoms with Crippen LogP contribution in [0.5, 0.6) is 0 Å². The summed E-state index contributed by atoms with van der Waals surface area (Å²) in [6.07, 6.45) is -0.451. The standard InChI is InChI=1S/C18H19NO3/c1-19(18(21)22-12-13-7-3-2-4-8-13)17-15-10-6-5-9-14(15)11-16(17)20/h2-10,16-17,20H,11-12H2,1H3/t16-,17-/m0/s1. The quantitative estimate of drug-likeness (QED) is 0.947. The Hall–Kier alpha value is -2.33. The fourth-order valence-electron chi connectivity index (χ4n) is 2.95. The molecule has 0 saturated carbocycles. The molecule has 3 rings (SSSR count). The van der Waals surface area contributed by atoms with Gasteiger partial charge in [-0.2, -0.15) is 0 Å². The Morgan fingerprint density at radius 1 is 1.18 bits per heavy atom. The van der Waals surface area contributed by atoms with Crippen molar-refractivity contribution >= 4 is 6.09 Å². The molecule has 114 valence electrons. The third kappa shape index (κ3) is 2.83. The number of aliphatic hydroxyl groups excluding tert-OH is 1. The van der Waals surface area contributed by atoms with E-state index >= 15 is 0 Å². The second kappa shape index (κ2) is 6.20. The summed E-state index contributed by atoms with van der Waals surface area (Å²) < 4.78 is 5.34. The van der Waals surface area contributed by atoms with Crippen LogP contribution in [0.4, 0.5) is 4.79 Å². The lowest BCUT2D eigenvalue weighted by molar-refractivity contribution is 0.0493. The summed E-state index contributed by atoms with van der Waals surface area (Å²) in [5, 5.41) is 10.3. The molecular formula is C18H19NO3. The Morgan fingerprint density at radius 3 is 2.64 bits per heavy atom. The molecule has 0 aromatic heterocycles. The zero-order chi connectivity index (χ0) is 15.5. The maximum Gasteiger partial charge on any atom is 0.410 e. The van der Waals surface area contributed by atoms with E-state index in [9.17, 15) is 9.90 Å². The minimum absolute atomic E-state index is 0.231. The fraction of sp³-hybridized carbons (Fsp3) is 0.278. The van der Waals surface area contributed by atoms with Gasteiger partial charge in [-0.25, -0.2) is 4.79 Å². The van der Waals surface area contributed by atoms with Crippen molar-refractivity contribution < 1.29 is 14.6 Å². The summed E-state index contributed by atoms with van der Waals surface area (Å²) >= 11 is 0. The molecule has 0 saturated heterocycles. The zero-order valence-electron chi connectivity index (χ0n) is 12.5. The molecule has 0 radical (unpaired) electrons. The lowest BCUT2D eigenvalue weighted by atomic mass is 10.1. The Morgan fingerprint density at radius 2 is 1.86 bits per heavy atom. The fourth-order valence-corrected chi connectivity index (χ4v) is 2.95. The first-order valence-corrected chi connectivity index (χ1v) is 7.36. The molecule has 22 heavy (non-hydrogen) atoms. The number of amides is 1. The van der Waals surface area contributed by atoms with E-state index in [-0.39, 0.29) is 12.6 Å². The Bertz CT molecular complexity index is 656. The van der Waals surface area contributed by atoms with Crippen LogP contribution in [0.15, 0.2) is 54.6 Å². The van der Waals surface area contributed by atoms with Crippen molar-refractivity contribution in [1.29, 1.82) is 0 Å². The summed E-state index contributed by atoms with van der Waals surface area (Å²) in [6, 6.07) is 17.0. The van der Waals surface area contributed by atoms with Gasteiger partial charge in [0.05, 0.1) is 12.1 Å². The van der Waals surface area contributed by atoms with Gasteiger partial charge in [-0.3, -0.25) is 0 Å². The van der Waals surface area contributed by atoms with Crippen molar-refractivity contribution in [2.75, 3.05) is 7.05 Å². The minimum atomic E-state index is -0.591. The lowest BCUT2D eigenvalue weighted by Gasteiger charge is -2.27. The molecule has 1 N–H and O–H groups in total. The Balaban J connectivity index is 1.68. The first-order valence-electron chi connectivity index (χ1n) is 7.36. The summed E-state index contributed by atoms with van der Waals surface area (Å²) in [5.74, 6) is 0. The number of fused-ring (bicyclic) bond motifs is 1. The van der Waals surface area contributed by atoms with Crippen LogP contribution >= 0.6 is 0 Å². The van der Waals surface area contributed by atoms with Crippen molar-refractivity contribution in [3.05, 3.63) is 71.3 Å². The minimum Gasteiger partial charge on any atom is -0.445 e. The van der Waals surface area contributed by atoms with Crippen molar-refractivity contribution in [2.24, 2.45) is 0 Å². The third-order valence-electron chi connectivity index (χ3n) is 4.08. The number of hydrogen-bond donors (Lipinski definition) is 1. The van der Waals surface area contributed by atoms with E-state index in [1.54, 1.807) is 7.05 Å². The lowest BCUT2D eigenvalue weighted by Crippen LogP contribution is -2.36. The molecule has 1 amide bonds. The van der Waals surface area contributed by atoms with Crippen LogP contribution < -0.4 is 0 Å². The summed E-state index contributed by atoms with van der Waals surface area (Å²) in [4.78, 5) is 13.7. The second-order valence-corrected chi connectivity index (χ2v) is 5.57. The molecular weight excluding hydrogens is 278 g/mol. The van der Waals surface area contributed by atoms with E-state index in [0.29, 0.717) is 6.42 Å². The SMILES string of the molecule is CN(C(=O)OCc1ccccc1)[C@H]1c2ccccc2C[C@@H]1O. The largest absolute Gasteiger partial charge is 0.445 e. The highest BCUT2D eigenvalue weighted by atomic mass is 16.6. The normalized spacial score (nSPS) is 19.5. The van der Waals surface area contributed by atoms with Gasteiger partial charge in [0.25, 0.3) is 0 Å². The monoisotopic (exact) mass is 297 g/mol. The van der Waals surface area contributed by atoms with Gasteiger partial charge in [0, 0.05) is 13.5 Å². The Labute approximate surface area is 130 Å². The number of likely N-dealkylation sites (N-methyl/N-ethyl adjacent to an activating group) is 1. The van der Waals surface area contributed by atoms with Crippen LogP contribution in [0.2, 0.25) is 0 Å². The maximum absolute atomic E-state index is 12.3. The molecule has 0 unspecified atom stereocenters. The van der Waals surface area contributed by atoms with Gasteiger partial charge in [-0.1, -0.05) is 54.6 Å². The van der Waals surface area contributed by atoms with Crippen LogP contribution in [-0.2, 0) is 17.8 Å². The van der Waals surface area contributed by atoms with E-state index in [1.165, 1.54) is 4.90 Å². The summed E-state index contributed by atoms with van der Waals surface area (Å²) in [7, 11) is 1.67. The highest BCUT2D eigenvalue weighted by molar-refractivity contribution is 5.68. The van der Waals surface area contributed by atoms with E-state index in [4.69, 9.17) is 4.74 Å². The number of carbonyl (C=O) groups excluding carboxylic acids is 1. The molecule has 1 aliphatic carbocycles. The van der Waals surface area contributed by atoms with Gasteiger partial charge < -0.3 is 14.7 Å². The molecule has 4 nitrogen and oxygen atoms in total. The predicted octanol–water partition coefficient (Wildman–Crippen LogP) is 2.91. The molecule has 0 bridgehead atoms. The van der Waals surface area contributed by atoms with Crippen molar-refractivity contribution in [1.82, 2.24) is 4.90 Å². The van der Waals surface area contributed by atoms with E-state index < -0.39 is 12.2 Å². The number of hydrogen-bond acceptors (Lipinski definition) is 3. The Kier molecular flexibility index (Phi) is 4.11. The average Bonchev–Trinajstić information content (AvgIpc) is 2.88. The van der Waals surface area contributed by atoms with Gasteiger partial charge in [0.1, 0.15) is 6.61 Å². The topological polar surface area (TPSA) is 49.8 Å². The number of rotatable bonds is 3. The van der Waals surface area contributed by atoms with Gasteiger partial charge in [-0.05, 0) is 16.7 Å². The smallest absolute Gasteiger partial charge is 0.410 e. The molecule has 0 aliphatic heterocycles. The molecule has 0 heterocycles. The van der Waals surface area contributed by atoms with Crippen molar-refractivity contribution in [3.63, 3.8) is 0 Å². The number of carbonyl (C=O) groups is 1. The van der Waals surface area contributed by atoms with Gasteiger partial charge >= 0.3 is 6.09 Å². The molecule has 2 aromatic rings. The van der Waals surface area contributed by atoms with Gasteiger partial charge in [-0.15, -0.1) is 0 Å². The van der Waals surface area contributed by atoms with Crippen molar-refractivity contribution in [3.8, 4) is 0 Å². The first-order chi connectivity index (χ1) is 10.7. The van der Waals surface area contributed by atoms with Gasteiger partial charge in [0.15, 0.2) is 0 Å². The second-order valence-electron chi connectivity index (χ2n) is 5.57. The number of ether oxygens (including phenoxy) is 1. The number of nitrogens with zero attached hydrogens (tertiary/aromatic N) is 1. The van der Waals surface area contributed by atoms with Crippen molar-refractivity contribution in [2.45, 2.75) is 25.2 Å². The van der Waals surface area contributed by atoms with E-state index in [0.717, 1.165) is 16.7 Å². The van der Waals surface area contributed by atoms with E-state index in [1.807, 2.05) is 54.6 Å². The molecule has 0 spiro atoms. The number of aliphatic hydroxyl groups is 1. The predicted molar refractivity (Wildman–Crippen MR) is 83.3 cm³/mol. The van der Waals surface area contributed by atoms with Crippen LogP contribution in [0, 0.1) is 0 Å². The van der Waals surface area contributed by atoms with Crippen LogP contribution in [0.1, 0.15) is 22.7 Å². The third-order valence-corrected chi connectivity index (χ3v) is 4.08. The molecule has 0 fully saturated rings. The first kappa shape index (κ1) is 14.6. The van der Waals surface area contributed by atoms with E-state index in [2.05, 4.69) is 0 Å². The summed E-state index contributed by atoms with van der Waals surface area (Å²) in [5.41, 5.74) is 3.02. The average molecular weight is 297 g/mol.